The Morgan fingerprint density at radius 3 is 1.58 bits per heavy atom. The van der Waals surface area contributed by atoms with Crippen LogP contribution in [0.3, 0.4) is 0 Å². The third-order valence-electron chi connectivity index (χ3n) is 4.85. The molecule has 4 N–H and O–H groups in total. The quantitative estimate of drug-likeness (QED) is 0.665. The molecule has 0 amide bonds. The van der Waals surface area contributed by atoms with E-state index in [1.54, 1.807) is 0 Å². The summed E-state index contributed by atoms with van der Waals surface area (Å²) in [5.74, 6) is 0. The summed E-state index contributed by atoms with van der Waals surface area (Å²) in [6.07, 6.45) is 2.04. The Bertz CT molecular complexity index is 729. The molecule has 0 atom stereocenters. The molecule has 0 aromatic heterocycles. The lowest BCUT2D eigenvalue weighted by molar-refractivity contribution is 0.520. The highest BCUT2D eigenvalue weighted by molar-refractivity contribution is 5.48. The molecule has 0 aliphatic heterocycles. The van der Waals surface area contributed by atoms with Gasteiger partial charge in [0.1, 0.15) is 0 Å². The summed E-state index contributed by atoms with van der Waals surface area (Å²) in [5.41, 5.74) is 17.2. The highest BCUT2D eigenvalue weighted by Crippen LogP contribution is 2.37. The van der Waals surface area contributed by atoms with Gasteiger partial charge in [-0.2, -0.15) is 0 Å². The number of anilines is 2. The molecule has 0 fully saturated rings. The maximum absolute atomic E-state index is 5.88. The van der Waals surface area contributed by atoms with E-state index >= 15 is 0 Å². The molecule has 0 heterocycles. The summed E-state index contributed by atoms with van der Waals surface area (Å²) >= 11 is 0. The van der Waals surface area contributed by atoms with Gasteiger partial charge in [-0.25, -0.2) is 0 Å². The highest BCUT2D eigenvalue weighted by atomic mass is 14.5. The van der Waals surface area contributed by atoms with Gasteiger partial charge in [-0.1, -0.05) is 61.5 Å². The fraction of sp³-hybridized carbons (Fsp3) is 0.182. The third kappa shape index (κ3) is 3.43. The second-order valence-electron chi connectivity index (χ2n) is 6.56. The first-order valence-electron chi connectivity index (χ1n) is 8.34. The first-order chi connectivity index (χ1) is 11.6. The van der Waals surface area contributed by atoms with Crippen LogP contribution < -0.4 is 11.5 Å². The SMILES string of the molecule is CC(CCc1ccccc1)(c1ccc(N)cc1)c1ccc(N)cc1. The molecule has 3 aromatic carbocycles. The zero-order valence-electron chi connectivity index (χ0n) is 14.1. The van der Waals surface area contributed by atoms with Crippen LogP contribution in [0.1, 0.15) is 30.0 Å². The average Bonchev–Trinajstić information content (AvgIpc) is 2.62. The zero-order valence-corrected chi connectivity index (χ0v) is 14.1. The molecular weight excluding hydrogens is 292 g/mol. The Morgan fingerprint density at radius 1 is 0.667 bits per heavy atom. The molecule has 24 heavy (non-hydrogen) atoms. The van der Waals surface area contributed by atoms with Crippen LogP contribution in [0.4, 0.5) is 11.4 Å². The van der Waals surface area contributed by atoms with Gasteiger partial charge in [0.05, 0.1) is 0 Å². The number of nitrogen functional groups attached to an aromatic ring is 2. The monoisotopic (exact) mass is 316 g/mol. The molecule has 3 rings (SSSR count). The van der Waals surface area contributed by atoms with E-state index in [0.717, 1.165) is 24.2 Å². The Hall–Kier alpha value is -2.74. The van der Waals surface area contributed by atoms with Crippen LogP contribution in [0, 0.1) is 0 Å². The van der Waals surface area contributed by atoms with Gasteiger partial charge in [-0.3, -0.25) is 0 Å². The second kappa shape index (κ2) is 6.79. The van der Waals surface area contributed by atoms with Gasteiger partial charge in [0.15, 0.2) is 0 Å². The largest absolute Gasteiger partial charge is 0.399 e. The van der Waals surface area contributed by atoms with E-state index < -0.39 is 0 Å². The molecule has 0 aliphatic carbocycles. The first-order valence-corrected chi connectivity index (χ1v) is 8.34. The second-order valence-corrected chi connectivity index (χ2v) is 6.56. The molecule has 2 heteroatoms. The van der Waals surface area contributed by atoms with E-state index in [4.69, 9.17) is 11.5 Å². The Balaban J connectivity index is 1.96. The van der Waals surface area contributed by atoms with Crippen molar-refractivity contribution in [1.29, 1.82) is 0 Å². The summed E-state index contributed by atoms with van der Waals surface area (Å²) < 4.78 is 0. The maximum atomic E-state index is 5.88. The molecule has 0 aliphatic rings. The van der Waals surface area contributed by atoms with Crippen LogP contribution in [-0.2, 0) is 11.8 Å². The number of aryl methyl sites for hydroxylation is 1. The van der Waals surface area contributed by atoms with Crippen LogP contribution >= 0.6 is 0 Å². The van der Waals surface area contributed by atoms with E-state index in [2.05, 4.69) is 61.5 Å². The van der Waals surface area contributed by atoms with Crippen molar-refractivity contribution < 1.29 is 0 Å². The lowest BCUT2D eigenvalue weighted by Crippen LogP contribution is -2.24. The minimum absolute atomic E-state index is 0.0861. The number of nitrogens with two attached hydrogens (primary N) is 2. The molecule has 0 saturated carbocycles. The van der Waals surface area contributed by atoms with Crippen molar-refractivity contribution in [3.63, 3.8) is 0 Å². The molecule has 0 bridgehead atoms. The fourth-order valence-corrected chi connectivity index (χ4v) is 3.20. The molecule has 3 aromatic rings. The van der Waals surface area contributed by atoms with E-state index in [0.29, 0.717) is 0 Å². The minimum atomic E-state index is -0.0861. The van der Waals surface area contributed by atoms with Gasteiger partial charge < -0.3 is 11.5 Å². The average molecular weight is 316 g/mol. The van der Waals surface area contributed by atoms with Crippen molar-refractivity contribution in [2.24, 2.45) is 0 Å². The molecule has 122 valence electrons. The van der Waals surface area contributed by atoms with Crippen molar-refractivity contribution in [3.8, 4) is 0 Å². The summed E-state index contributed by atoms with van der Waals surface area (Å²) in [5, 5.41) is 0. The smallest absolute Gasteiger partial charge is 0.0314 e. The summed E-state index contributed by atoms with van der Waals surface area (Å²) in [7, 11) is 0. The summed E-state index contributed by atoms with van der Waals surface area (Å²) in [6, 6.07) is 27.1. The molecule has 0 radical (unpaired) electrons. The lowest BCUT2D eigenvalue weighted by atomic mass is 9.72. The standard InChI is InChI=1S/C22H24N2/c1-22(18-7-11-20(23)12-8-18,19-9-13-21(24)14-10-19)16-15-17-5-3-2-4-6-17/h2-14H,15-16,23-24H2,1H3. The van der Waals surface area contributed by atoms with Crippen molar-refractivity contribution in [2.45, 2.75) is 25.2 Å². The Kier molecular flexibility index (Phi) is 4.57. The van der Waals surface area contributed by atoms with Crippen LogP contribution in [0.15, 0.2) is 78.9 Å². The van der Waals surface area contributed by atoms with Crippen molar-refractivity contribution in [2.75, 3.05) is 11.5 Å². The van der Waals surface area contributed by atoms with E-state index in [1.807, 2.05) is 24.3 Å². The molecule has 0 spiro atoms. The minimum Gasteiger partial charge on any atom is -0.399 e. The summed E-state index contributed by atoms with van der Waals surface area (Å²) in [6.45, 7) is 2.30. The van der Waals surface area contributed by atoms with Gasteiger partial charge in [-0.05, 0) is 53.8 Å². The Labute approximate surface area is 144 Å². The van der Waals surface area contributed by atoms with Crippen molar-refractivity contribution in [1.82, 2.24) is 0 Å². The number of rotatable bonds is 5. The predicted molar refractivity (Wildman–Crippen MR) is 103 cm³/mol. The zero-order chi connectivity index (χ0) is 17.0. The molecule has 0 unspecified atom stereocenters. The topological polar surface area (TPSA) is 52.0 Å². The van der Waals surface area contributed by atoms with Crippen LogP contribution in [0.25, 0.3) is 0 Å². The molecule has 2 nitrogen and oxygen atoms in total. The van der Waals surface area contributed by atoms with Gasteiger partial charge in [-0.15, -0.1) is 0 Å². The highest BCUT2D eigenvalue weighted by Gasteiger charge is 2.28. The number of hydrogen-bond acceptors (Lipinski definition) is 2. The molecular formula is C22H24N2. The van der Waals surface area contributed by atoms with Crippen LogP contribution in [-0.4, -0.2) is 0 Å². The van der Waals surface area contributed by atoms with E-state index in [9.17, 15) is 0 Å². The fourth-order valence-electron chi connectivity index (χ4n) is 3.20. The normalized spacial score (nSPS) is 11.4. The van der Waals surface area contributed by atoms with E-state index in [-0.39, 0.29) is 5.41 Å². The molecule has 0 saturated heterocycles. The maximum Gasteiger partial charge on any atom is 0.0314 e. The number of hydrogen-bond donors (Lipinski definition) is 2. The van der Waals surface area contributed by atoms with Crippen LogP contribution in [0.2, 0.25) is 0 Å². The van der Waals surface area contributed by atoms with Gasteiger partial charge in [0.25, 0.3) is 0 Å². The van der Waals surface area contributed by atoms with Crippen molar-refractivity contribution in [3.05, 3.63) is 95.6 Å². The Morgan fingerprint density at radius 2 is 1.12 bits per heavy atom. The first kappa shape index (κ1) is 16.1. The lowest BCUT2D eigenvalue weighted by Gasteiger charge is -2.31. The van der Waals surface area contributed by atoms with Gasteiger partial charge in [0.2, 0.25) is 0 Å². The van der Waals surface area contributed by atoms with Gasteiger partial charge in [0, 0.05) is 16.8 Å². The number of benzene rings is 3. The third-order valence-corrected chi connectivity index (χ3v) is 4.85. The van der Waals surface area contributed by atoms with E-state index in [1.165, 1.54) is 16.7 Å². The predicted octanol–water partition coefficient (Wildman–Crippen LogP) is 4.79. The summed E-state index contributed by atoms with van der Waals surface area (Å²) in [4.78, 5) is 0. The van der Waals surface area contributed by atoms with Crippen LogP contribution in [0.5, 0.6) is 0 Å². The van der Waals surface area contributed by atoms with Crippen molar-refractivity contribution >= 4 is 11.4 Å². The van der Waals surface area contributed by atoms with Gasteiger partial charge >= 0.3 is 0 Å².